The van der Waals surface area contributed by atoms with E-state index in [2.05, 4.69) is 99.6 Å². The minimum Gasteiger partial charge on any atom is -0.266 e. The number of nitrogens with zero attached hydrogens (tertiary/aromatic N) is 2. The van der Waals surface area contributed by atoms with E-state index in [0.717, 1.165) is 5.69 Å². The van der Waals surface area contributed by atoms with Crippen LogP contribution in [0.25, 0.3) is 0 Å². The predicted molar refractivity (Wildman–Crippen MR) is 130 cm³/mol. The third-order valence-corrected chi connectivity index (χ3v) is 12.5. The van der Waals surface area contributed by atoms with Gasteiger partial charge in [-0.3, -0.25) is 9.97 Å². The molecular formula is C23H30N2SSi2. The number of pyridine rings is 2. The SMILES string of the molecule is CC(C)(S)c1cccc([Si](C)(C)c2cccc([Si](C)(C)c3ccccn3)c2)n1. The fraction of sp³-hybridized carbons (Fsp3) is 0.304. The normalized spacial score (nSPS) is 12.8. The van der Waals surface area contributed by atoms with Crippen molar-refractivity contribution in [3.8, 4) is 0 Å². The number of thiol groups is 1. The molecule has 0 radical (unpaired) electrons. The fourth-order valence-electron chi connectivity index (χ4n) is 3.45. The van der Waals surface area contributed by atoms with Crippen molar-refractivity contribution < 1.29 is 0 Å². The van der Waals surface area contributed by atoms with E-state index >= 15 is 0 Å². The number of benzene rings is 1. The van der Waals surface area contributed by atoms with Gasteiger partial charge in [0.1, 0.15) is 16.1 Å². The summed E-state index contributed by atoms with van der Waals surface area (Å²) in [6.45, 7) is 13.7. The summed E-state index contributed by atoms with van der Waals surface area (Å²) in [6, 6.07) is 21.8. The minimum atomic E-state index is -1.92. The molecule has 0 atom stereocenters. The first kappa shape index (κ1) is 21.0. The van der Waals surface area contributed by atoms with E-state index in [-0.39, 0.29) is 4.75 Å². The lowest BCUT2D eigenvalue weighted by atomic mass is 10.1. The van der Waals surface area contributed by atoms with Gasteiger partial charge in [-0.1, -0.05) is 73.0 Å². The second-order valence-electron chi connectivity index (χ2n) is 9.01. The van der Waals surface area contributed by atoms with Gasteiger partial charge in [0.25, 0.3) is 0 Å². The highest BCUT2D eigenvalue weighted by atomic mass is 32.1. The lowest BCUT2D eigenvalue weighted by Gasteiger charge is -2.28. The van der Waals surface area contributed by atoms with E-state index in [1.54, 1.807) is 0 Å². The van der Waals surface area contributed by atoms with Crippen molar-refractivity contribution in [1.29, 1.82) is 0 Å². The lowest BCUT2D eigenvalue weighted by molar-refractivity contribution is 0.758. The number of hydrogen-bond acceptors (Lipinski definition) is 3. The molecule has 146 valence electrons. The summed E-state index contributed by atoms with van der Waals surface area (Å²) < 4.78 is -0.240. The van der Waals surface area contributed by atoms with Gasteiger partial charge in [-0.15, -0.1) is 0 Å². The maximum absolute atomic E-state index is 5.03. The van der Waals surface area contributed by atoms with Gasteiger partial charge in [-0.25, -0.2) is 0 Å². The van der Waals surface area contributed by atoms with Gasteiger partial charge >= 0.3 is 0 Å². The molecule has 0 aliphatic heterocycles. The molecule has 2 nitrogen and oxygen atoms in total. The van der Waals surface area contributed by atoms with Crippen LogP contribution < -0.4 is 21.0 Å². The van der Waals surface area contributed by atoms with Crippen molar-refractivity contribution >= 4 is 49.8 Å². The molecule has 0 aliphatic carbocycles. The molecule has 1 aromatic carbocycles. The Labute approximate surface area is 176 Å². The second-order valence-corrected chi connectivity index (χ2v) is 18.8. The molecule has 0 N–H and O–H groups in total. The summed E-state index contributed by atoms with van der Waals surface area (Å²) in [5.41, 5.74) is 1.04. The first-order chi connectivity index (χ1) is 13.0. The van der Waals surface area contributed by atoms with Crippen LogP contribution in [0, 0.1) is 0 Å². The molecule has 2 heterocycles. The fourth-order valence-corrected chi connectivity index (χ4v) is 8.19. The average molecular weight is 423 g/mol. The Hall–Kier alpha value is -1.70. The van der Waals surface area contributed by atoms with E-state index in [4.69, 9.17) is 17.6 Å². The molecule has 0 saturated carbocycles. The summed E-state index contributed by atoms with van der Waals surface area (Å²) in [7, 11) is -3.75. The summed E-state index contributed by atoms with van der Waals surface area (Å²) in [4.78, 5) is 9.69. The van der Waals surface area contributed by atoms with Crippen molar-refractivity contribution in [1.82, 2.24) is 9.97 Å². The standard InChI is InChI=1S/C23H30N2SSi2/c1-23(2,26)20-13-10-15-22(25-20)28(5,6)19-12-9-11-18(17-19)27(3,4)21-14-7-8-16-24-21/h7-17,26H,1-6H3. The zero-order valence-corrected chi connectivity index (χ0v) is 20.6. The summed E-state index contributed by atoms with van der Waals surface area (Å²) in [5.74, 6) is 0. The molecular weight excluding hydrogens is 393 g/mol. The molecule has 5 heteroatoms. The molecule has 0 unspecified atom stereocenters. The zero-order valence-electron chi connectivity index (χ0n) is 17.7. The summed E-state index contributed by atoms with van der Waals surface area (Å²) in [5, 5.41) is 5.28. The molecule has 2 aromatic heterocycles. The second kappa shape index (κ2) is 7.61. The minimum absolute atomic E-state index is 0.240. The van der Waals surface area contributed by atoms with Crippen LogP contribution in [0.4, 0.5) is 0 Å². The maximum atomic E-state index is 5.03. The van der Waals surface area contributed by atoms with Crippen LogP contribution in [-0.4, -0.2) is 26.1 Å². The quantitative estimate of drug-likeness (QED) is 0.504. The predicted octanol–water partition coefficient (Wildman–Crippen LogP) is 3.29. The third kappa shape index (κ3) is 4.16. The van der Waals surface area contributed by atoms with Crippen molar-refractivity contribution in [2.24, 2.45) is 0 Å². The number of aromatic nitrogens is 2. The van der Waals surface area contributed by atoms with E-state index in [1.165, 1.54) is 21.0 Å². The van der Waals surface area contributed by atoms with Crippen LogP contribution >= 0.6 is 12.6 Å². The molecule has 0 fully saturated rings. The van der Waals surface area contributed by atoms with Crippen LogP contribution in [-0.2, 0) is 4.75 Å². The first-order valence-electron chi connectivity index (χ1n) is 9.76. The van der Waals surface area contributed by atoms with Crippen LogP contribution in [0.5, 0.6) is 0 Å². The molecule has 3 aromatic rings. The zero-order chi connectivity index (χ0) is 20.6. The van der Waals surface area contributed by atoms with Crippen molar-refractivity contribution in [3.05, 3.63) is 72.6 Å². The Bertz CT molecular complexity index is 964. The van der Waals surface area contributed by atoms with Crippen molar-refractivity contribution in [2.75, 3.05) is 0 Å². The highest BCUT2D eigenvalue weighted by Crippen LogP contribution is 2.24. The van der Waals surface area contributed by atoms with Gasteiger partial charge in [0, 0.05) is 21.6 Å². The average Bonchev–Trinajstić information content (AvgIpc) is 2.68. The third-order valence-electron chi connectivity index (χ3n) is 5.63. The number of rotatable bonds is 5. The molecule has 3 rings (SSSR count). The molecule has 0 saturated heterocycles. The van der Waals surface area contributed by atoms with E-state index < -0.39 is 16.1 Å². The first-order valence-corrected chi connectivity index (χ1v) is 16.2. The van der Waals surface area contributed by atoms with Gasteiger partial charge in [-0.2, -0.15) is 12.6 Å². The maximum Gasteiger partial charge on any atom is 0.135 e. The van der Waals surface area contributed by atoms with Crippen molar-refractivity contribution in [2.45, 2.75) is 44.8 Å². The van der Waals surface area contributed by atoms with Crippen LogP contribution in [0.15, 0.2) is 66.9 Å². The Morgan fingerprint density at radius 2 is 1.32 bits per heavy atom. The highest BCUT2D eigenvalue weighted by molar-refractivity contribution is 7.81. The number of hydrogen-bond donors (Lipinski definition) is 1. The molecule has 0 bridgehead atoms. The van der Waals surface area contributed by atoms with Gasteiger partial charge in [0.15, 0.2) is 0 Å². The van der Waals surface area contributed by atoms with Gasteiger partial charge in [-0.05, 0) is 38.1 Å². The van der Waals surface area contributed by atoms with Crippen LogP contribution in [0.1, 0.15) is 19.5 Å². The topological polar surface area (TPSA) is 25.8 Å². The monoisotopic (exact) mass is 422 g/mol. The Kier molecular flexibility index (Phi) is 5.72. The highest BCUT2D eigenvalue weighted by Gasteiger charge is 2.32. The van der Waals surface area contributed by atoms with E-state index in [0.29, 0.717) is 0 Å². The largest absolute Gasteiger partial charge is 0.266 e. The van der Waals surface area contributed by atoms with Crippen molar-refractivity contribution in [3.63, 3.8) is 0 Å². The Morgan fingerprint density at radius 3 is 1.89 bits per heavy atom. The van der Waals surface area contributed by atoms with Crippen LogP contribution in [0.3, 0.4) is 0 Å². The Balaban J connectivity index is 2.04. The molecule has 0 amide bonds. The smallest absolute Gasteiger partial charge is 0.135 e. The molecule has 0 spiro atoms. The summed E-state index contributed by atoms with van der Waals surface area (Å²) in [6.07, 6.45) is 1.90. The Morgan fingerprint density at radius 1 is 0.750 bits per heavy atom. The van der Waals surface area contributed by atoms with Gasteiger partial charge < -0.3 is 0 Å². The lowest BCUT2D eigenvalue weighted by Crippen LogP contribution is -2.59. The molecule has 28 heavy (non-hydrogen) atoms. The van der Waals surface area contributed by atoms with Crippen LogP contribution in [0.2, 0.25) is 26.2 Å². The van der Waals surface area contributed by atoms with Gasteiger partial charge in [0.05, 0.1) is 5.69 Å². The van der Waals surface area contributed by atoms with Gasteiger partial charge in [0.2, 0.25) is 0 Å². The van der Waals surface area contributed by atoms with E-state index in [9.17, 15) is 0 Å². The summed E-state index contributed by atoms with van der Waals surface area (Å²) >= 11 is 4.72. The van der Waals surface area contributed by atoms with E-state index in [1.807, 2.05) is 12.3 Å². The molecule has 0 aliphatic rings.